The van der Waals surface area contributed by atoms with Gasteiger partial charge in [0.2, 0.25) is 0 Å². The molecule has 1 aromatic heterocycles. The van der Waals surface area contributed by atoms with Crippen LogP contribution in [0.1, 0.15) is 44.4 Å². The molecule has 4 heteroatoms. The lowest BCUT2D eigenvalue weighted by Gasteiger charge is -2.13. The third-order valence-corrected chi connectivity index (χ3v) is 3.31. The first-order valence-electron chi connectivity index (χ1n) is 7.40. The molecule has 2 aromatic rings. The van der Waals surface area contributed by atoms with Crippen LogP contribution in [-0.4, -0.2) is 16.6 Å². The summed E-state index contributed by atoms with van der Waals surface area (Å²) in [4.78, 5) is 9.06. The standard InChI is InChI=1S/C17H23N3O/c1-5-9-21-14-8-6-7-13(10-14)17-19-12(4)15(11(2)3)16(18)20-17/h6-8,10-11H,5,9H2,1-4H3,(H2,18,19,20). The van der Waals surface area contributed by atoms with Crippen molar-refractivity contribution in [3.63, 3.8) is 0 Å². The smallest absolute Gasteiger partial charge is 0.161 e. The first-order chi connectivity index (χ1) is 10.0. The van der Waals surface area contributed by atoms with E-state index >= 15 is 0 Å². The van der Waals surface area contributed by atoms with E-state index in [2.05, 4.69) is 30.7 Å². The van der Waals surface area contributed by atoms with Crippen LogP contribution in [0.3, 0.4) is 0 Å². The Morgan fingerprint density at radius 1 is 1.24 bits per heavy atom. The quantitative estimate of drug-likeness (QED) is 0.903. The lowest BCUT2D eigenvalue weighted by atomic mass is 10.0. The minimum absolute atomic E-state index is 0.318. The van der Waals surface area contributed by atoms with Crippen molar-refractivity contribution in [3.05, 3.63) is 35.5 Å². The maximum absolute atomic E-state index is 6.10. The summed E-state index contributed by atoms with van der Waals surface area (Å²) in [5.41, 5.74) is 8.98. The molecule has 0 fully saturated rings. The molecule has 0 radical (unpaired) electrons. The molecule has 0 spiro atoms. The molecule has 1 aromatic carbocycles. The fourth-order valence-electron chi connectivity index (χ4n) is 2.39. The second-order valence-corrected chi connectivity index (χ2v) is 5.46. The monoisotopic (exact) mass is 285 g/mol. The molecule has 0 unspecified atom stereocenters. The molecule has 0 saturated carbocycles. The van der Waals surface area contributed by atoms with Crippen LogP contribution in [0.25, 0.3) is 11.4 Å². The predicted molar refractivity (Wildman–Crippen MR) is 86.5 cm³/mol. The van der Waals surface area contributed by atoms with E-state index in [1.54, 1.807) is 0 Å². The average Bonchev–Trinajstić information content (AvgIpc) is 2.44. The van der Waals surface area contributed by atoms with Crippen LogP contribution in [0.5, 0.6) is 5.75 Å². The zero-order valence-electron chi connectivity index (χ0n) is 13.2. The number of aromatic nitrogens is 2. The Labute approximate surface area is 126 Å². The van der Waals surface area contributed by atoms with Crippen LogP contribution >= 0.6 is 0 Å². The molecule has 4 nitrogen and oxygen atoms in total. The highest BCUT2D eigenvalue weighted by atomic mass is 16.5. The van der Waals surface area contributed by atoms with E-state index in [4.69, 9.17) is 10.5 Å². The van der Waals surface area contributed by atoms with Gasteiger partial charge in [0.1, 0.15) is 11.6 Å². The molecule has 2 N–H and O–H groups in total. The number of aryl methyl sites for hydroxylation is 1. The molecular formula is C17H23N3O. The molecule has 0 aliphatic rings. The molecular weight excluding hydrogens is 262 g/mol. The van der Waals surface area contributed by atoms with Gasteiger partial charge in [0, 0.05) is 16.8 Å². The highest BCUT2D eigenvalue weighted by Crippen LogP contribution is 2.27. The van der Waals surface area contributed by atoms with Crippen LogP contribution in [0.4, 0.5) is 5.82 Å². The Morgan fingerprint density at radius 3 is 2.62 bits per heavy atom. The van der Waals surface area contributed by atoms with Gasteiger partial charge >= 0.3 is 0 Å². The summed E-state index contributed by atoms with van der Waals surface area (Å²) in [7, 11) is 0. The fourth-order valence-corrected chi connectivity index (χ4v) is 2.39. The first kappa shape index (κ1) is 15.3. The predicted octanol–water partition coefficient (Wildman–Crippen LogP) is 3.95. The van der Waals surface area contributed by atoms with Gasteiger partial charge in [-0.25, -0.2) is 9.97 Å². The minimum atomic E-state index is 0.318. The van der Waals surface area contributed by atoms with Crippen molar-refractivity contribution in [1.82, 2.24) is 9.97 Å². The molecule has 21 heavy (non-hydrogen) atoms. The van der Waals surface area contributed by atoms with E-state index in [0.717, 1.165) is 29.0 Å². The summed E-state index contributed by atoms with van der Waals surface area (Å²) in [5.74, 6) is 2.36. The lowest BCUT2D eigenvalue weighted by molar-refractivity contribution is 0.317. The summed E-state index contributed by atoms with van der Waals surface area (Å²) >= 11 is 0. The first-order valence-corrected chi connectivity index (χ1v) is 7.40. The number of rotatable bonds is 5. The maximum Gasteiger partial charge on any atom is 0.161 e. The third-order valence-electron chi connectivity index (χ3n) is 3.31. The van der Waals surface area contributed by atoms with Crippen molar-refractivity contribution in [2.24, 2.45) is 0 Å². The van der Waals surface area contributed by atoms with Crippen LogP contribution in [0.15, 0.2) is 24.3 Å². The summed E-state index contributed by atoms with van der Waals surface area (Å²) in [6.45, 7) is 8.97. The zero-order chi connectivity index (χ0) is 15.4. The van der Waals surface area contributed by atoms with Gasteiger partial charge in [-0.05, 0) is 31.4 Å². The number of nitrogen functional groups attached to an aromatic ring is 1. The van der Waals surface area contributed by atoms with Crippen molar-refractivity contribution in [2.45, 2.75) is 40.0 Å². The number of anilines is 1. The van der Waals surface area contributed by atoms with Crippen LogP contribution in [0.2, 0.25) is 0 Å². The van der Waals surface area contributed by atoms with Gasteiger partial charge in [-0.1, -0.05) is 32.9 Å². The SMILES string of the molecule is CCCOc1cccc(-c2nc(C)c(C(C)C)c(N)n2)c1. The maximum atomic E-state index is 6.10. The fraction of sp³-hybridized carbons (Fsp3) is 0.412. The van der Waals surface area contributed by atoms with Gasteiger partial charge in [-0.15, -0.1) is 0 Å². The molecule has 0 amide bonds. The molecule has 0 bridgehead atoms. The molecule has 0 aliphatic heterocycles. The van der Waals surface area contributed by atoms with Crippen LogP contribution in [-0.2, 0) is 0 Å². The molecule has 0 aliphatic carbocycles. The Kier molecular flexibility index (Phi) is 4.78. The number of nitrogens with two attached hydrogens (primary N) is 1. The number of hydrogen-bond donors (Lipinski definition) is 1. The molecule has 0 atom stereocenters. The van der Waals surface area contributed by atoms with Crippen molar-refractivity contribution < 1.29 is 4.74 Å². The molecule has 0 saturated heterocycles. The number of benzene rings is 1. The van der Waals surface area contributed by atoms with E-state index in [9.17, 15) is 0 Å². The topological polar surface area (TPSA) is 61.0 Å². The van der Waals surface area contributed by atoms with Gasteiger partial charge in [-0.2, -0.15) is 0 Å². The van der Waals surface area contributed by atoms with Crippen LogP contribution < -0.4 is 10.5 Å². The Balaban J connectivity index is 2.38. The van der Waals surface area contributed by atoms with E-state index in [1.807, 2.05) is 31.2 Å². The summed E-state index contributed by atoms with van der Waals surface area (Å²) in [5, 5.41) is 0. The normalized spacial score (nSPS) is 10.9. The van der Waals surface area contributed by atoms with Crippen molar-refractivity contribution >= 4 is 5.82 Å². The summed E-state index contributed by atoms with van der Waals surface area (Å²) < 4.78 is 5.65. The Morgan fingerprint density at radius 2 is 2.00 bits per heavy atom. The van der Waals surface area contributed by atoms with Crippen molar-refractivity contribution in [2.75, 3.05) is 12.3 Å². The van der Waals surface area contributed by atoms with Gasteiger partial charge < -0.3 is 10.5 Å². The highest BCUT2D eigenvalue weighted by Gasteiger charge is 2.13. The number of nitrogens with zero attached hydrogens (tertiary/aromatic N) is 2. The minimum Gasteiger partial charge on any atom is -0.494 e. The van der Waals surface area contributed by atoms with Gasteiger partial charge in [0.25, 0.3) is 0 Å². The van der Waals surface area contributed by atoms with Crippen LogP contribution in [0, 0.1) is 6.92 Å². The van der Waals surface area contributed by atoms with Gasteiger partial charge in [0.05, 0.1) is 6.61 Å². The van der Waals surface area contributed by atoms with Crippen molar-refractivity contribution in [1.29, 1.82) is 0 Å². The van der Waals surface area contributed by atoms with E-state index in [1.165, 1.54) is 0 Å². The summed E-state index contributed by atoms with van der Waals surface area (Å²) in [6, 6.07) is 7.82. The van der Waals surface area contributed by atoms with E-state index < -0.39 is 0 Å². The zero-order valence-corrected chi connectivity index (χ0v) is 13.2. The van der Waals surface area contributed by atoms with E-state index in [0.29, 0.717) is 24.2 Å². The molecule has 2 rings (SSSR count). The van der Waals surface area contributed by atoms with E-state index in [-0.39, 0.29) is 0 Å². The van der Waals surface area contributed by atoms with Gasteiger partial charge in [-0.3, -0.25) is 0 Å². The molecule has 1 heterocycles. The Hall–Kier alpha value is -2.10. The largest absolute Gasteiger partial charge is 0.494 e. The average molecular weight is 285 g/mol. The Bertz CT molecular complexity index is 600. The van der Waals surface area contributed by atoms with Gasteiger partial charge in [0.15, 0.2) is 5.82 Å². The third kappa shape index (κ3) is 3.51. The second kappa shape index (κ2) is 6.57. The second-order valence-electron chi connectivity index (χ2n) is 5.46. The van der Waals surface area contributed by atoms with Crippen molar-refractivity contribution in [3.8, 4) is 17.1 Å². The summed E-state index contributed by atoms with van der Waals surface area (Å²) in [6.07, 6.45) is 0.982. The highest BCUT2D eigenvalue weighted by molar-refractivity contribution is 5.61. The molecule has 112 valence electrons. The number of hydrogen-bond acceptors (Lipinski definition) is 4. The number of ether oxygens (including phenoxy) is 1. The lowest BCUT2D eigenvalue weighted by Crippen LogP contribution is -2.06.